The number of amides is 1. The van der Waals surface area contributed by atoms with Crippen molar-refractivity contribution in [3.63, 3.8) is 0 Å². The first kappa shape index (κ1) is 24.0. The molecule has 168 valence electrons. The minimum Gasteiger partial charge on any atom is -0.338 e. The lowest BCUT2D eigenvalue weighted by atomic mass is 9.75. The van der Waals surface area contributed by atoms with E-state index in [1.54, 1.807) is 12.1 Å². The summed E-state index contributed by atoms with van der Waals surface area (Å²) in [6.45, 7) is 1.53. The molecule has 2 atom stereocenters. The number of benzene rings is 1. The van der Waals surface area contributed by atoms with Crippen LogP contribution in [-0.2, 0) is 15.6 Å². The molecule has 0 radical (unpaired) electrons. The Morgan fingerprint density at radius 1 is 1.06 bits per heavy atom. The molecular formula is C23H28Cl2N2O3S. The van der Waals surface area contributed by atoms with Crippen LogP contribution in [0.2, 0.25) is 10.0 Å². The highest BCUT2D eigenvalue weighted by atomic mass is 35.5. The number of pyridine rings is 1. The van der Waals surface area contributed by atoms with Crippen molar-refractivity contribution in [2.24, 2.45) is 11.8 Å². The van der Waals surface area contributed by atoms with Gasteiger partial charge in [-0.05, 0) is 48.4 Å². The smallest absolute Gasteiger partial charge is 0.255 e. The highest BCUT2D eigenvalue weighted by Gasteiger charge is 2.33. The van der Waals surface area contributed by atoms with Crippen LogP contribution in [0.1, 0.15) is 55.5 Å². The molecule has 2 aliphatic rings. The summed E-state index contributed by atoms with van der Waals surface area (Å²) in [6, 6.07) is 6.20. The van der Waals surface area contributed by atoms with Crippen LogP contribution in [0.25, 0.3) is 0 Å². The maximum Gasteiger partial charge on any atom is 0.255 e. The lowest BCUT2D eigenvalue weighted by Gasteiger charge is -2.41. The number of fused-ring (bicyclic) bond motifs is 1. The molecular weight excluding hydrogens is 455 g/mol. The number of sulfone groups is 1. The number of halogens is 2. The summed E-state index contributed by atoms with van der Waals surface area (Å²) in [5.41, 5.74) is 0.853. The van der Waals surface area contributed by atoms with E-state index in [9.17, 15) is 13.2 Å². The van der Waals surface area contributed by atoms with Crippen molar-refractivity contribution in [2.75, 3.05) is 13.1 Å². The van der Waals surface area contributed by atoms with Crippen molar-refractivity contribution in [3.8, 4) is 0 Å². The van der Waals surface area contributed by atoms with Gasteiger partial charge in [0.1, 0.15) is 4.90 Å². The van der Waals surface area contributed by atoms with Crippen LogP contribution in [0.15, 0.2) is 41.6 Å². The molecule has 1 saturated heterocycles. The van der Waals surface area contributed by atoms with Crippen LogP contribution in [0.3, 0.4) is 0 Å². The Balaban J connectivity index is 0.00000272. The zero-order valence-corrected chi connectivity index (χ0v) is 18.9. The molecule has 1 aromatic carbocycles. The van der Waals surface area contributed by atoms with Gasteiger partial charge < -0.3 is 4.90 Å². The minimum atomic E-state index is -3.79. The van der Waals surface area contributed by atoms with E-state index in [0.29, 0.717) is 17.0 Å². The van der Waals surface area contributed by atoms with Gasteiger partial charge in [-0.25, -0.2) is 8.42 Å². The number of piperidine rings is 1. The first-order valence-corrected chi connectivity index (χ1v) is 12.7. The maximum atomic E-state index is 13.1. The molecule has 5 nitrogen and oxygen atoms in total. The SMILES string of the molecule is C.O=C(c1cncc(CS(=O)(=O)c2c(Cl)cccc2Cl)c1)N1CC[C@H]2CCCC[C@@H]2C1. The molecule has 2 fully saturated rings. The molecule has 1 aliphatic carbocycles. The van der Waals surface area contributed by atoms with Crippen molar-refractivity contribution in [2.45, 2.75) is 50.2 Å². The van der Waals surface area contributed by atoms with Gasteiger partial charge in [0.2, 0.25) is 0 Å². The van der Waals surface area contributed by atoms with Crippen LogP contribution in [-0.4, -0.2) is 37.3 Å². The number of likely N-dealkylation sites (tertiary alicyclic amines) is 1. The second-order valence-corrected chi connectivity index (χ2v) is 11.0. The summed E-state index contributed by atoms with van der Waals surface area (Å²) in [4.78, 5) is 19.0. The second-order valence-electron chi connectivity index (χ2n) is 8.24. The van der Waals surface area contributed by atoms with E-state index >= 15 is 0 Å². The van der Waals surface area contributed by atoms with Crippen LogP contribution >= 0.6 is 23.2 Å². The predicted molar refractivity (Wildman–Crippen MR) is 124 cm³/mol. The number of aromatic nitrogens is 1. The summed E-state index contributed by atoms with van der Waals surface area (Å²) in [5, 5.41) is 0.163. The highest BCUT2D eigenvalue weighted by molar-refractivity contribution is 7.90. The Morgan fingerprint density at radius 3 is 2.45 bits per heavy atom. The van der Waals surface area contributed by atoms with Crippen molar-refractivity contribution in [1.29, 1.82) is 0 Å². The Kier molecular flexibility index (Phi) is 7.66. The molecule has 0 unspecified atom stereocenters. The average Bonchev–Trinajstić information content (AvgIpc) is 2.72. The fourth-order valence-corrected chi connectivity index (χ4v) is 7.30. The zero-order chi connectivity index (χ0) is 21.3. The van der Waals surface area contributed by atoms with Gasteiger partial charge in [-0.3, -0.25) is 9.78 Å². The highest BCUT2D eigenvalue weighted by Crippen LogP contribution is 2.36. The standard InChI is InChI=1S/C22H24Cl2N2O3S.CH4/c23-19-6-3-7-20(24)21(19)30(28,29)14-15-10-18(12-25-11-15)22(27)26-9-8-16-4-1-2-5-17(16)13-26;/h3,6-7,10-12,16-17H,1-2,4-5,8-9,13-14H2;1H4/t16-,17-;/m1./s1. The Hall–Kier alpha value is -1.63. The summed E-state index contributed by atoms with van der Waals surface area (Å²) in [6.07, 6.45) is 9.01. The molecule has 1 saturated carbocycles. The molecule has 0 N–H and O–H groups in total. The fourth-order valence-electron chi connectivity index (χ4n) is 4.72. The van der Waals surface area contributed by atoms with Gasteiger partial charge in [0, 0.05) is 25.5 Å². The van der Waals surface area contributed by atoms with Gasteiger partial charge in [0.15, 0.2) is 9.84 Å². The van der Waals surface area contributed by atoms with E-state index in [1.165, 1.54) is 50.2 Å². The summed E-state index contributed by atoms with van der Waals surface area (Å²) in [5.74, 6) is 0.907. The van der Waals surface area contributed by atoms with E-state index < -0.39 is 9.84 Å². The van der Waals surface area contributed by atoms with Crippen LogP contribution in [0.5, 0.6) is 0 Å². The Labute approximate surface area is 194 Å². The molecule has 4 rings (SSSR count). The molecule has 2 aromatic rings. The van der Waals surface area contributed by atoms with Crippen LogP contribution < -0.4 is 0 Å². The maximum absolute atomic E-state index is 13.1. The number of hydrogen-bond acceptors (Lipinski definition) is 4. The lowest BCUT2D eigenvalue weighted by molar-refractivity contribution is 0.0520. The van der Waals surface area contributed by atoms with Gasteiger partial charge in [-0.2, -0.15) is 0 Å². The summed E-state index contributed by atoms with van der Waals surface area (Å²) < 4.78 is 25.8. The predicted octanol–water partition coefficient (Wildman–Crippen LogP) is 5.65. The van der Waals surface area contributed by atoms with Crippen LogP contribution in [0.4, 0.5) is 0 Å². The quantitative estimate of drug-likeness (QED) is 0.564. The molecule has 2 heterocycles. The monoisotopic (exact) mass is 482 g/mol. The molecule has 8 heteroatoms. The third kappa shape index (κ3) is 5.24. The number of nitrogens with zero attached hydrogens (tertiary/aromatic N) is 2. The van der Waals surface area contributed by atoms with E-state index in [1.807, 2.05) is 4.90 Å². The van der Waals surface area contributed by atoms with Crippen molar-refractivity contribution in [1.82, 2.24) is 9.88 Å². The van der Waals surface area contributed by atoms with Gasteiger partial charge in [-0.15, -0.1) is 0 Å². The summed E-state index contributed by atoms with van der Waals surface area (Å²) >= 11 is 12.2. The van der Waals surface area contributed by atoms with Crippen LogP contribution in [0, 0.1) is 11.8 Å². The van der Waals surface area contributed by atoms with E-state index in [2.05, 4.69) is 4.98 Å². The van der Waals surface area contributed by atoms with E-state index in [4.69, 9.17) is 23.2 Å². The van der Waals surface area contributed by atoms with Crippen molar-refractivity contribution >= 4 is 38.9 Å². The number of carbonyl (C=O) groups is 1. The van der Waals surface area contributed by atoms with Gasteiger partial charge in [-0.1, -0.05) is 56.0 Å². The third-order valence-electron chi connectivity index (χ3n) is 6.21. The van der Waals surface area contributed by atoms with E-state index in [-0.39, 0.29) is 34.0 Å². The number of rotatable bonds is 4. The van der Waals surface area contributed by atoms with E-state index in [0.717, 1.165) is 25.4 Å². The Morgan fingerprint density at radius 2 is 1.74 bits per heavy atom. The zero-order valence-electron chi connectivity index (χ0n) is 16.6. The van der Waals surface area contributed by atoms with Gasteiger partial charge in [0.25, 0.3) is 5.91 Å². The fraction of sp³-hybridized carbons (Fsp3) is 0.478. The number of hydrogen-bond donors (Lipinski definition) is 0. The van der Waals surface area contributed by atoms with Crippen molar-refractivity contribution in [3.05, 3.63) is 57.8 Å². The minimum absolute atomic E-state index is 0. The lowest BCUT2D eigenvalue weighted by Crippen LogP contribution is -2.44. The topological polar surface area (TPSA) is 67.3 Å². The molecule has 0 bridgehead atoms. The molecule has 31 heavy (non-hydrogen) atoms. The largest absolute Gasteiger partial charge is 0.338 e. The second kappa shape index (κ2) is 9.88. The molecule has 1 amide bonds. The first-order valence-electron chi connectivity index (χ1n) is 10.2. The van der Waals surface area contributed by atoms with Crippen molar-refractivity contribution < 1.29 is 13.2 Å². The molecule has 1 aliphatic heterocycles. The Bertz CT molecular complexity index is 1040. The van der Waals surface area contributed by atoms with Gasteiger partial charge >= 0.3 is 0 Å². The first-order chi connectivity index (χ1) is 14.3. The third-order valence-corrected chi connectivity index (χ3v) is 8.84. The van der Waals surface area contributed by atoms with Gasteiger partial charge in [0.05, 0.1) is 21.4 Å². The average molecular weight is 483 g/mol. The molecule has 1 aromatic heterocycles. The number of carbonyl (C=O) groups excluding carboxylic acids is 1. The normalized spacial score (nSPS) is 21.2. The molecule has 0 spiro atoms. The summed E-state index contributed by atoms with van der Waals surface area (Å²) in [7, 11) is -3.79.